The van der Waals surface area contributed by atoms with Gasteiger partial charge in [-0.3, -0.25) is 4.79 Å². The lowest BCUT2D eigenvalue weighted by Crippen LogP contribution is -2.20. The van der Waals surface area contributed by atoms with Gasteiger partial charge in [-0.1, -0.05) is 0 Å². The van der Waals surface area contributed by atoms with Crippen LogP contribution in [0.15, 0.2) is 12.1 Å². The Balaban J connectivity index is 2.42. The highest BCUT2D eigenvalue weighted by atomic mass is 16.5. The summed E-state index contributed by atoms with van der Waals surface area (Å²) in [5.74, 6) is 0.390. The van der Waals surface area contributed by atoms with E-state index in [1.165, 1.54) is 0 Å². The predicted molar refractivity (Wildman–Crippen MR) is 60.4 cm³/mol. The minimum atomic E-state index is -0.242. The molecule has 0 atom stereocenters. The van der Waals surface area contributed by atoms with E-state index >= 15 is 0 Å². The fourth-order valence-electron chi connectivity index (χ4n) is 1.07. The van der Waals surface area contributed by atoms with E-state index < -0.39 is 0 Å². The molecule has 0 aromatic carbocycles. The zero-order valence-electron chi connectivity index (χ0n) is 9.49. The number of nitrogens with zero attached hydrogens (tertiary/aromatic N) is 2. The average molecular weight is 224 g/mol. The number of aromatic nitrogens is 2. The standard InChI is InChI=1S/C10H16N4O2/c1-3-16-7-6-12-9-5-4-8(13-14-9)10(15)11-2/h4-5H,3,6-7H2,1-2H3,(H,11,15)(H,12,14). The van der Waals surface area contributed by atoms with Gasteiger partial charge in [0.25, 0.3) is 5.91 Å². The number of amides is 1. The lowest BCUT2D eigenvalue weighted by Gasteiger charge is -2.05. The Morgan fingerprint density at radius 3 is 2.81 bits per heavy atom. The second-order valence-electron chi connectivity index (χ2n) is 3.01. The SMILES string of the molecule is CCOCCNc1ccc(C(=O)NC)nn1. The number of carbonyl (C=O) groups is 1. The van der Waals surface area contributed by atoms with Crippen molar-refractivity contribution in [3.05, 3.63) is 17.8 Å². The molecule has 6 heteroatoms. The van der Waals surface area contributed by atoms with Gasteiger partial charge in [0.1, 0.15) is 5.82 Å². The molecule has 0 fully saturated rings. The third-order valence-electron chi connectivity index (χ3n) is 1.88. The lowest BCUT2D eigenvalue weighted by molar-refractivity contribution is 0.0957. The van der Waals surface area contributed by atoms with Crippen molar-refractivity contribution in [2.45, 2.75) is 6.92 Å². The third-order valence-corrected chi connectivity index (χ3v) is 1.88. The Kier molecular flexibility index (Phi) is 5.21. The van der Waals surface area contributed by atoms with Crippen LogP contribution in [0.4, 0.5) is 5.82 Å². The maximum Gasteiger partial charge on any atom is 0.271 e. The predicted octanol–water partition coefficient (Wildman–Crippen LogP) is 0.285. The summed E-state index contributed by atoms with van der Waals surface area (Å²) in [6, 6.07) is 3.33. The van der Waals surface area contributed by atoms with Crippen LogP contribution < -0.4 is 10.6 Å². The van der Waals surface area contributed by atoms with Crippen molar-refractivity contribution >= 4 is 11.7 Å². The van der Waals surface area contributed by atoms with Crippen molar-refractivity contribution in [3.8, 4) is 0 Å². The molecule has 0 spiro atoms. The van der Waals surface area contributed by atoms with Gasteiger partial charge in [-0.2, -0.15) is 0 Å². The number of anilines is 1. The highest BCUT2D eigenvalue weighted by Crippen LogP contribution is 2.01. The minimum absolute atomic E-state index is 0.242. The molecular formula is C10H16N4O2. The van der Waals surface area contributed by atoms with Crippen LogP contribution in [-0.4, -0.2) is 42.9 Å². The molecule has 0 radical (unpaired) electrons. The van der Waals surface area contributed by atoms with Crippen molar-refractivity contribution < 1.29 is 9.53 Å². The Bertz CT molecular complexity index is 326. The second-order valence-corrected chi connectivity index (χ2v) is 3.01. The summed E-state index contributed by atoms with van der Waals surface area (Å²) < 4.78 is 5.16. The van der Waals surface area contributed by atoms with E-state index in [1.54, 1.807) is 19.2 Å². The number of ether oxygens (including phenoxy) is 1. The molecule has 0 aliphatic carbocycles. The molecule has 1 rings (SSSR count). The third kappa shape index (κ3) is 3.82. The number of rotatable bonds is 6. The first-order valence-electron chi connectivity index (χ1n) is 5.15. The van der Waals surface area contributed by atoms with Gasteiger partial charge >= 0.3 is 0 Å². The van der Waals surface area contributed by atoms with E-state index in [-0.39, 0.29) is 5.91 Å². The van der Waals surface area contributed by atoms with Crippen LogP contribution in [-0.2, 0) is 4.74 Å². The van der Waals surface area contributed by atoms with Gasteiger partial charge in [0.2, 0.25) is 0 Å². The first-order valence-corrected chi connectivity index (χ1v) is 5.15. The molecule has 1 amide bonds. The highest BCUT2D eigenvalue weighted by molar-refractivity contribution is 5.91. The van der Waals surface area contributed by atoms with E-state index in [0.717, 1.165) is 0 Å². The summed E-state index contributed by atoms with van der Waals surface area (Å²) >= 11 is 0. The van der Waals surface area contributed by atoms with Crippen LogP contribution in [0.5, 0.6) is 0 Å². The van der Waals surface area contributed by atoms with Crippen LogP contribution in [0.2, 0.25) is 0 Å². The molecule has 0 aliphatic rings. The fraction of sp³-hybridized carbons (Fsp3) is 0.500. The molecule has 88 valence electrons. The van der Waals surface area contributed by atoms with Gasteiger partial charge in [0.05, 0.1) is 6.61 Å². The van der Waals surface area contributed by atoms with Gasteiger partial charge in [-0.05, 0) is 19.1 Å². The van der Waals surface area contributed by atoms with Crippen molar-refractivity contribution in [2.75, 3.05) is 32.1 Å². The maximum absolute atomic E-state index is 11.2. The number of carbonyl (C=O) groups excluding carboxylic acids is 1. The van der Waals surface area contributed by atoms with Crippen molar-refractivity contribution in [3.63, 3.8) is 0 Å². The normalized spacial score (nSPS) is 9.88. The number of hydrogen-bond acceptors (Lipinski definition) is 5. The Labute approximate surface area is 94.4 Å². The van der Waals surface area contributed by atoms with Gasteiger partial charge in [0, 0.05) is 20.2 Å². The lowest BCUT2D eigenvalue weighted by atomic mass is 10.3. The summed E-state index contributed by atoms with van der Waals surface area (Å²) in [5.41, 5.74) is 0.304. The van der Waals surface area contributed by atoms with E-state index in [9.17, 15) is 4.79 Å². The minimum Gasteiger partial charge on any atom is -0.380 e. The first kappa shape index (κ1) is 12.4. The molecule has 6 nitrogen and oxygen atoms in total. The molecule has 1 aromatic rings. The molecule has 0 aliphatic heterocycles. The van der Waals surface area contributed by atoms with Gasteiger partial charge in [0.15, 0.2) is 5.69 Å². The van der Waals surface area contributed by atoms with Gasteiger partial charge in [-0.25, -0.2) is 0 Å². The van der Waals surface area contributed by atoms with E-state index in [1.807, 2.05) is 6.92 Å². The number of hydrogen-bond donors (Lipinski definition) is 2. The molecule has 0 unspecified atom stereocenters. The monoisotopic (exact) mass is 224 g/mol. The van der Waals surface area contributed by atoms with Gasteiger partial charge < -0.3 is 15.4 Å². The van der Waals surface area contributed by atoms with Crippen molar-refractivity contribution in [1.29, 1.82) is 0 Å². The summed E-state index contributed by atoms with van der Waals surface area (Å²) in [7, 11) is 1.55. The fourth-order valence-corrected chi connectivity index (χ4v) is 1.07. The summed E-state index contributed by atoms with van der Waals surface area (Å²) in [6.07, 6.45) is 0. The summed E-state index contributed by atoms with van der Waals surface area (Å²) in [5, 5.41) is 13.2. The average Bonchev–Trinajstić information content (AvgIpc) is 2.34. The highest BCUT2D eigenvalue weighted by Gasteiger charge is 2.04. The van der Waals surface area contributed by atoms with Crippen LogP contribution >= 0.6 is 0 Å². The Morgan fingerprint density at radius 1 is 1.44 bits per heavy atom. The quantitative estimate of drug-likeness (QED) is 0.679. The van der Waals surface area contributed by atoms with Crippen LogP contribution in [0, 0.1) is 0 Å². The van der Waals surface area contributed by atoms with Crippen LogP contribution in [0.1, 0.15) is 17.4 Å². The summed E-state index contributed by atoms with van der Waals surface area (Å²) in [6.45, 7) is 3.93. The molecule has 0 saturated carbocycles. The first-order chi connectivity index (χ1) is 7.77. The molecular weight excluding hydrogens is 208 g/mol. The maximum atomic E-state index is 11.2. The van der Waals surface area contributed by atoms with Gasteiger partial charge in [-0.15, -0.1) is 10.2 Å². The van der Waals surface area contributed by atoms with Crippen molar-refractivity contribution in [1.82, 2.24) is 15.5 Å². The smallest absolute Gasteiger partial charge is 0.271 e. The second kappa shape index (κ2) is 6.73. The zero-order chi connectivity index (χ0) is 11.8. The molecule has 2 N–H and O–H groups in total. The molecule has 1 aromatic heterocycles. The topological polar surface area (TPSA) is 76.1 Å². The Hall–Kier alpha value is -1.69. The molecule has 16 heavy (non-hydrogen) atoms. The molecule has 1 heterocycles. The van der Waals surface area contributed by atoms with E-state index in [0.29, 0.717) is 31.3 Å². The Morgan fingerprint density at radius 2 is 2.25 bits per heavy atom. The van der Waals surface area contributed by atoms with Crippen LogP contribution in [0.25, 0.3) is 0 Å². The zero-order valence-corrected chi connectivity index (χ0v) is 9.49. The van der Waals surface area contributed by atoms with Crippen LogP contribution in [0.3, 0.4) is 0 Å². The summed E-state index contributed by atoms with van der Waals surface area (Å²) in [4.78, 5) is 11.2. The molecule has 0 saturated heterocycles. The van der Waals surface area contributed by atoms with E-state index in [4.69, 9.17) is 4.74 Å². The molecule has 0 bridgehead atoms. The largest absolute Gasteiger partial charge is 0.380 e. The van der Waals surface area contributed by atoms with Crippen molar-refractivity contribution in [2.24, 2.45) is 0 Å². The number of nitrogens with one attached hydrogen (secondary N) is 2. The van der Waals surface area contributed by atoms with E-state index in [2.05, 4.69) is 20.8 Å².